The minimum Gasteiger partial charge on any atom is -0.371 e. The van der Waals surface area contributed by atoms with Gasteiger partial charge in [0.05, 0.1) is 6.61 Å². The van der Waals surface area contributed by atoms with Gasteiger partial charge in [0.25, 0.3) is 5.91 Å². The van der Waals surface area contributed by atoms with Crippen molar-refractivity contribution in [3.8, 4) is 0 Å². The fraction of sp³-hybridized carbons (Fsp3) is 0.562. The van der Waals surface area contributed by atoms with Gasteiger partial charge in [0.2, 0.25) is 5.91 Å². The zero-order valence-corrected chi connectivity index (χ0v) is 13.0. The lowest BCUT2D eigenvalue weighted by molar-refractivity contribution is -0.132. The lowest BCUT2D eigenvalue weighted by atomic mass is 9.88. The van der Waals surface area contributed by atoms with Crippen molar-refractivity contribution in [2.24, 2.45) is 5.41 Å². The van der Waals surface area contributed by atoms with Crippen LogP contribution >= 0.6 is 0 Å². The van der Waals surface area contributed by atoms with Crippen molar-refractivity contribution < 1.29 is 14.3 Å². The van der Waals surface area contributed by atoms with Crippen LogP contribution in [0.1, 0.15) is 22.6 Å². The Labute approximate surface area is 130 Å². The molecule has 3 heterocycles. The molecule has 2 amide bonds. The fourth-order valence-corrected chi connectivity index (χ4v) is 3.28. The maximum absolute atomic E-state index is 12.6. The molecule has 0 bridgehead atoms. The Morgan fingerprint density at radius 1 is 1.36 bits per heavy atom. The number of rotatable bonds is 1. The molecule has 0 aliphatic carbocycles. The molecule has 2 aliphatic rings. The Bertz CT molecular complexity index is 604. The van der Waals surface area contributed by atoms with E-state index in [1.807, 2.05) is 24.0 Å². The molecule has 1 atom stereocenters. The maximum Gasteiger partial charge on any atom is 0.272 e. The van der Waals surface area contributed by atoms with E-state index in [4.69, 9.17) is 4.74 Å². The minimum absolute atomic E-state index is 0.00185. The number of hydrogen-bond donors (Lipinski definition) is 0. The van der Waals surface area contributed by atoms with Gasteiger partial charge in [-0.1, -0.05) is 6.07 Å². The topological polar surface area (TPSA) is 62.7 Å². The molecule has 118 valence electrons. The van der Waals surface area contributed by atoms with E-state index in [2.05, 4.69) is 4.98 Å². The van der Waals surface area contributed by atoms with Gasteiger partial charge in [0.1, 0.15) is 12.3 Å². The zero-order valence-electron chi connectivity index (χ0n) is 13.0. The predicted octanol–water partition coefficient (Wildman–Crippen LogP) is 0.711. The molecule has 22 heavy (non-hydrogen) atoms. The van der Waals surface area contributed by atoms with Crippen molar-refractivity contribution >= 4 is 11.8 Å². The number of carbonyl (C=O) groups is 2. The Hall–Kier alpha value is -1.95. The second kappa shape index (κ2) is 5.68. The van der Waals surface area contributed by atoms with E-state index >= 15 is 0 Å². The van der Waals surface area contributed by atoms with Crippen LogP contribution in [-0.4, -0.2) is 66.5 Å². The SMILES string of the molecule is Cc1cccc(C(=O)N2CCC3(COCC(=O)N(C)C3)C2)n1. The smallest absolute Gasteiger partial charge is 0.272 e. The third-order valence-electron chi connectivity index (χ3n) is 4.47. The summed E-state index contributed by atoms with van der Waals surface area (Å²) in [6, 6.07) is 5.48. The summed E-state index contributed by atoms with van der Waals surface area (Å²) in [4.78, 5) is 32.2. The van der Waals surface area contributed by atoms with Gasteiger partial charge < -0.3 is 14.5 Å². The molecule has 1 unspecified atom stereocenters. The molecule has 1 aromatic heterocycles. The van der Waals surface area contributed by atoms with E-state index < -0.39 is 0 Å². The fourth-order valence-electron chi connectivity index (χ4n) is 3.28. The molecule has 0 saturated carbocycles. The molecule has 6 heteroatoms. The number of likely N-dealkylation sites (N-methyl/N-ethyl adjacent to an activating group) is 1. The van der Waals surface area contributed by atoms with E-state index in [0.29, 0.717) is 31.9 Å². The Balaban J connectivity index is 1.74. The van der Waals surface area contributed by atoms with Crippen LogP contribution in [0.5, 0.6) is 0 Å². The molecule has 6 nitrogen and oxygen atoms in total. The van der Waals surface area contributed by atoms with E-state index in [0.717, 1.165) is 12.1 Å². The van der Waals surface area contributed by atoms with Crippen LogP contribution in [0.15, 0.2) is 18.2 Å². The standard InChI is InChI=1S/C16H21N3O3/c1-12-4-3-5-13(17-12)15(21)19-7-6-16(10-19)9-18(2)14(20)8-22-11-16/h3-5H,6-11H2,1-2H3. The molecule has 2 saturated heterocycles. The lowest BCUT2D eigenvalue weighted by Crippen LogP contribution is -2.41. The van der Waals surface area contributed by atoms with E-state index in [1.54, 1.807) is 18.0 Å². The monoisotopic (exact) mass is 303 g/mol. The third kappa shape index (κ3) is 2.83. The number of hydrogen-bond acceptors (Lipinski definition) is 4. The average molecular weight is 303 g/mol. The van der Waals surface area contributed by atoms with Crippen LogP contribution in [0.2, 0.25) is 0 Å². The van der Waals surface area contributed by atoms with Crippen LogP contribution in [0.25, 0.3) is 0 Å². The summed E-state index contributed by atoms with van der Waals surface area (Å²) in [7, 11) is 1.80. The Kier molecular flexibility index (Phi) is 3.87. The second-order valence-corrected chi connectivity index (χ2v) is 6.38. The summed E-state index contributed by atoms with van der Waals surface area (Å²) in [5.74, 6) is -0.0409. The highest BCUT2D eigenvalue weighted by molar-refractivity contribution is 5.92. The third-order valence-corrected chi connectivity index (χ3v) is 4.47. The van der Waals surface area contributed by atoms with Gasteiger partial charge in [0, 0.05) is 37.8 Å². The van der Waals surface area contributed by atoms with Gasteiger partial charge in [-0.05, 0) is 25.5 Å². The summed E-state index contributed by atoms with van der Waals surface area (Å²) < 4.78 is 5.52. The van der Waals surface area contributed by atoms with Gasteiger partial charge in [-0.3, -0.25) is 9.59 Å². The van der Waals surface area contributed by atoms with Crippen molar-refractivity contribution in [1.29, 1.82) is 0 Å². The molecular formula is C16H21N3O3. The predicted molar refractivity (Wildman–Crippen MR) is 80.4 cm³/mol. The van der Waals surface area contributed by atoms with E-state index in [9.17, 15) is 9.59 Å². The molecule has 0 radical (unpaired) electrons. The lowest BCUT2D eigenvalue weighted by Gasteiger charge is -2.29. The van der Waals surface area contributed by atoms with Crippen molar-refractivity contribution in [2.75, 3.05) is 39.9 Å². The highest BCUT2D eigenvalue weighted by Crippen LogP contribution is 2.33. The van der Waals surface area contributed by atoms with Gasteiger partial charge in [0.15, 0.2) is 0 Å². The molecule has 2 fully saturated rings. The van der Waals surface area contributed by atoms with Gasteiger partial charge in [-0.2, -0.15) is 0 Å². The van der Waals surface area contributed by atoms with E-state index in [1.165, 1.54) is 0 Å². The van der Waals surface area contributed by atoms with Crippen LogP contribution in [0, 0.1) is 12.3 Å². The first-order valence-corrected chi connectivity index (χ1v) is 7.54. The molecule has 3 rings (SSSR count). The Morgan fingerprint density at radius 2 is 2.18 bits per heavy atom. The molecule has 2 aliphatic heterocycles. The summed E-state index contributed by atoms with van der Waals surface area (Å²) in [6.07, 6.45) is 0.849. The highest BCUT2D eigenvalue weighted by atomic mass is 16.5. The number of nitrogens with zero attached hydrogens (tertiary/aromatic N) is 3. The van der Waals surface area contributed by atoms with E-state index in [-0.39, 0.29) is 23.8 Å². The number of aryl methyl sites for hydroxylation is 1. The van der Waals surface area contributed by atoms with Gasteiger partial charge in [-0.15, -0.1) is 0 Å². The number of carbonyl (C=O) groups excluding carboxylic acids is 2. The van der Waals surface area contributed by atoms with Crippen LogP contribution in [0.4, 0.5) is 0 Å². The van der Waals surface area contributed by atoms with Crippen LogP contribution < -0.4 is 0 Å². The van der Waals surface area contributed by atoms with Crippen molar-refractivity contribution in [1.82, 2.24) is 14.8 Å². The quantitative estimate of drug-likeness (QED) is 0.766. The molecular weight excluding hydrogens is 282 g/mol. The van der Waals surface area contributed by atoms with Crippen molar-refractivity contribution in [2.45, 2.75) is 13.3 Å². The Morgan fingerprint density at radius 3 is 2.95 bits per heavy atom. The average Bonchev–Trinajstić information content (AvgIpc) is 2.84. The number of pyridine rings is 1. The number of aromatic nitrogens is 1. The minimum atomic E-state index is -0.152. The maximum atomic E-state index is 12.6. The van der Waals surface area contributed by atoms with Gasteiger partial charge >= 0.3 is 0 Å². The summed E-state index contributed by atoms with van der Waals surface area (Å²) in [5, 5.41) is 0. The van der Waals surface area contributed by atoms with Crippen molar-refractivity contribution in [3.63, 3.8) is 0 Å². The largest absolute Gasteiger partial charge is 0.371 e. The summed E-state index contributed by atoms with van der Waals surface area (Å²) in [6.45, 7) is 4.46. The second-order valence-electron chi connectivity index (χ2n) is 6.38. The first-order chi connectivity index (χ1) is 10.5. The summed E-state index contributed by atoms with van der Waals surface area (Å²) in [5.41, 5.74) is 1.17. The normalized spacial score (nSPS) is 25.6. The van der Waals surface area contributed by atoms with Crippen molar-refractivity contribution in [3.05, 3.63) is 29.6 Å². The molecule has 1 spiro atoms. The van der Waals surface area contributed by atoms with Crippen LogP contribution in [0.3, 0.4) is 0 Å². The molecule has 0 N–H and O–H groups in total. The zero-order chi connectivity index (χ0) is 15.7. The number of amides is 2. The highest BCUT2D eigenvalue weighted by Gasteiger charge is 2.43. The molecule has 0 aromatic carbocycles. The number of likely N-dealkylation sites (tertiary alicyclic amines) is 1. The van der Waals surface area contributed by atoms with Crippen LogP contribution in [-0.2, 0) is 9.53 Å². The first-order valence-electron chi connectivity index (χ1n) is 7.54. The molecule has 1 aromatic rings. The van der Waals surface area contributed by atoms with Gasteiger partial charge in [-0.25, -0.2) is 4.98 Å². The first kappa shape index (κ1) is 15.0. The number of ether oxygens (including phenoxy) is 1. The summed E-state index contributed by atoms with van der Waals surface area (Å²) >= 11 is 0.